The highest BCUT2D eigenvalue weighted by atomic mass is 16.7. The van der Waals surface area contributed by atoms with E-state index in [4.69, 9.17) is 56.9 Å². The van der Waals surface area contributed by atoms with Gasteiger partial charge in [-0.1, -0.05) is 32.9 Å². The predicted molar refractivity (Wildman–Crippen MR) is 304 cm³/mol. The minimum absolute atomic E-state index is 0.0363. The minimum atomic E-state index is -1.95. The zero-order valence-electron chi connectivity index (χ0n) is 51.4. The van der Waals surface area contributed by atoms with E-state index in [1.165, 1.54) is 20.2 Å². The molecule has 23 heteroatoms. The van der Waals surface area contributed by atoms with E-state index in [2.05, 4.69) is 5.16 Å². The van der Waals surface area contributed by atoms with Gasteiger partial charge in [0.05, 0.1) is 86.1 Å². The van der Waals surface area contributed by atoms with Crippen molar-refractivity contribution in [3.63, 3.8) is 0 Å². The number of pyridine rings is 1. The number of carboxylic acid groups (broad SMARTS) is 1. The van der Waals surface area contributed by atoms with Gasteiger partial charge < -0.3 is 86.8 Å². The molecule has 1 saturated carbocycles. The molecule has 1 aromatic carbocycles. The Morgan fingerprint density at radius 3 is 2.12 bits per heavy atom. The number of carbonyl (C=O) groups is 3. The fourth-order valence-corrected chi connectivity index (χ4v) is 12.2. The molecule has 4 aliphatic rings. The number of benzene rings is 1. The Kier molecular flexibility index (Phi) is 24.0. The van der Waals surface area contributed by atoms with Crippen molar-refractivity contribution in [3.8, 4) is 5.75 Å². The van der Waals surface area contributed by atoms with Crippen LogP contribution in [0, 0.1) is 23.7 Å². The number of hydrogen-bond donors (Lipinski definition) is 4. The largest absolute Gasteiger partial charge is 0.491 e. The van der Waals surface area contributed by atoms with E-state index < -0.39 is 119 Å². The zero-order chi connectivity index (χ0) is 61.3. The monoisotopic (exact) mass is 1180 g/mol. The van der Waals surface area contributed by atoms with Gasteiger partial charge in [-0.15, -0.1) is 0 Å². The lowest BCUT2D eigenvalue weighted by Crippen LogP contribution is -2.61. The van der Waals surface area contributed by atoms with Crippen molar-refractivity contribution in [1.29, 1.82) is 0 Å². The van der Waals surface area contributed by atoms with Gasteiger partial charge in [0.15, 0.2) is 18.7 Å². The maximum atomic E-state index is 14.7. The Labute approximate surface area is 488 Å². The number of rotatable bonds is 23. The van der Waals surface area contributed by atoms with Gasteiger partial charge in [-0.3, -0.25) is 14.4 Å². The summed E-state index contributed by atoms with van der Waals surface area (Å²) in [6.07, 6.45) is -5.98. The number of fused-ring (bicyclic) bond motifs is 1. The number of carbonyl (C=O) groups excluding carboxylic acids is 2. The van der Waals surface area contributed by atoms with E-state index in [0.29, 0.717) is 28.8 Å². The summed E-state index contributed by atoms with van der Waals surface area (Å²) in [7, 11) is 6.82. The van der Waals surface area contributed by atoms with Gasteiger partial charge in [-0.25, -0.2) is 4.79 Å². The smallest absolute Gasteiger partial charge is 0.341 e. The van der Waals surface area contributed by atoms with Crippen LogP contribution >= 0.6 is 0 Å². The molecule has 23 nitrogen and oxygen atoms in total. The Morgan fingerprint density at radius 2 is 1.51 bits per heavy atom. The number of oxime groups is 1. The third-order valence-corrected chi connectivity index (χ3v) is 17.3. The molecular weight excluding hydrogens is 1080 g/mol. The van der Waals surface area contributed by atoms with Crippen LogP contribution in [-0.4, -0.2) is 206 Å². The first kappa shape index (κ1) is 67.8. The predicted octanol–water partition coefficient (Wildman–Crippen LogP) is 5.66. The van der Waals surface area contributed by atoms with Gasteiger partial charge in [-0.2, -0.15) is 0 Å². The first-order valence-electron chi connectivity index (χ1n) is 29.4. The van der Waals surface area contributed by atoms with Gasteiger partial charge in [0.2, 0.25) is 5.43 Å². The number of aromatic carboxylic acids is 1. The Hall–Kier alpha value is -4.37. The average molecular weight is 1180 g/mol. The van der Waals surface area contributed by atoms with Crippen LogP contribution in [0.2, 0.25) is 0 Å². The first-order chi connectivity index (χ1) is 39.2. The number of carboxylic acids is 1. The molecule has 470 valence electrons. The van der Waals surface area contributed by atoms with Gasteiger partial charge in [0.25, 0.3) is 0 Å². The lowest BCUT2D eigenvalue weighted by molar-refractivity contribution is -0.320. The van der Waals surface area contributed by atoms with Crippen LogP contribution in [0.3, 0.4) is 0 Å². The van der Waals surface area contributed by atoms with Crippen molar-refractivity contribution in [2.45, 2.75) is 211 Å². The summed E-state index contributed by atoms with van der Waals surface area (Å²) in [6, 6.07) is 4.76. The topological polar surface area (TPSA) is 280 Å². The summed E-state index contributed by atoms with van der Waals surface area (Å²) in [4.78, 5) is 60.3. The van der Waals surface area contributed by atoms with Crippen molar-refractivity contribution in [1.82, 2.24) is 9.47 Å². The first-order valence-corrected chi connectivity index (χ1v) is 29.4. The van der Waals surface area contributed by atoms with E-state index in [0.717, 1.165) is 12.8 Å². The number of ether oxygens (including phenoxy) is 11. The molecule has 4 N–H and O–H groups in total. The highest BCUT2D eigenvalue weighted by molar-refractivity contribution is 5.93. The molecule has 0 bridgehead atoms. The van der Waals surface area contributed by atoms with Crippen molar-refractivity contribution >= 4 is 34.5 Å². The Bertz CT molecular complexity index is 2560. The second-order valence-corrected chi connectivity index (χ2v) is 23.9. The van der Waals surface area contributed by atoms with Crippen molar-refractivity contribution in [2.24, 2.45) is 28.8 Å². The molecule has 4 heterocycles. The molecule has 1 aromatic heterocycles. The SMILES string of the molecule is CCO/N=C1\[C@H](C)C[C@@](C)(OC)[C@H](O[C@H]2O[C@@H](C)C[C@@H](N(C)C)[C@@H]2O)[C@@H](C)[C@H](O[C@H]2C[C@@](C)(OC)[C@@H](OC(=O)CCOCCOCCOc3ccc4c(=O)c(C(=O)O)cn(C5CC5)c4c3)[C@H](C)O2)[C@@H](C)C(=O)O[C@H](CC)[C@@](C)(O)[C@H](O)[C@H]1C. The number of likely N-dealkylation sites (N-methyl/N-ethyl adjacent to an activating group) is 1. The van der Waals surface area contributed by atoms with Crippen molar-refractivity contribution in [2.75, 3.05) is 68.0 Å². The van der Waals surface area contributed by atoms with Gasteiger partial charge in [-0.05, 0) is 107 Å². The summed E-state index contributed by atoms with van der Waals surface area (Å²) < 4.78 is 71.0. The maximum Gasteiger partial charge on any atom is 0.341 e. The van der Waals surface area contributed by atoms with E-state index in [1.54, 1.807) is 66.9 Å². The van der Waals surface area contributed by atoms with Crippen LogP contribution in [0.15, 0.2) is 34.3 Å². The Balaban J connectivity index is 1.14. The summed E-state index contributed by atoms with van der Waals surface area (Å²) >= 11 is 0. The van der Waals surface area contributed by atoms with E-state index >= 15 is 0 Å². The third kappa shape index (κ3) is 16.2. The summed E-state index contributed by atoms with van der Waals surface area (Å²) in [5.41, 5.74) is -4.13. The molecule has 1 aliphatic carbocycles. The van der Waals surface area contributed by atoms with Crippen LogP contribution in [0.1, 0.15) is 138 Å². The lowest BCUT2D eigenvalue weighted by Gasteiger charge is -2.50. The standard InChI is InChI=1S/C60H95N3O20/c1-16-45-60(11,71)52(67)35(5)48(61-77-17-2)33(3)30-58(9,72-14)53(83-57-50(66)44(62(12)13)28-34(4)78-57)36(6)51(37(7)56(70)80-45)82-47-31-59(10,73-15)54(38(8)79-47)81-46(64)22-23-74-24-25-75-26-27-76-40-20-21-41-43(29-40)63(39-18-19-39)32-42(49(41)65)55(68)69/h20-21,29,32-39,44-45,47,50-54,57,66-67,71H,16-19,22-28,30-31H2,1-15H3,(H,68,69)/b61-48+/t33-,34+,35+,36+,37-,38+,44-,45-,47+,50+,51+,52-,53-,54+,57-,58-,59-,60-/m1/s1. The molecule has 3 aliphatic heterocycles. The maximum absolute atomic E-state index is 14.7. The fraction of sp³-hybridized carbons (Fsp3) is 0.783. The molecule has 83 heavy (non-hydrogen) atoms. The number of esters is 2. The van der Waals surface area contributed by atoms with Crippen molar-refractivity contribution < 1.29 is 91.8 Å². The van der Waals surface area contributed by atoms with Crippen LogP contribution < -0.4 is 10.2 Å². The molecule has 18 atom stereocenters. The molecule has 0 amide bonds. The molecule has 0 unspecified atom stereocenters. The number of aliphatic hydroxyl groups is 3. The highest BCUT2D eigenvalue weighted by Crippen LogP contribution is 2.43. The molecule has 6 rings (SSSR count). The quantitative estimate of drug-likeness (QED) is 0.0593. The van der Waals surface area contributed by atoms with E-state index in [9.17, 15) is 39.6 Å². The molecule has 3 saturated heterocycles. The van der Waals surface area contributed by atoms with Gasteiger partial charge in [0, 0.05) is 68.1 Å². The number of aliphatic hydroxyl groups excluding tert-OH is 2. The molecule has 4 fully saturated rings. The van der Waals surface area contributed by atoms with Gasteiger partial charge in [0.1, 0.15) is 47.9 Å². The normalized spacial score (nSPS) is 36.3. The Morgan fingerprint density at radius 1 is 0.855 bits per heavy atom. The molecular formula is C60H95N3O20. The second-order valence-electron chi connectivity index (χ2n) is 23.9. The van der Waals surface area contributed by atoms with Crippen LogP contribution in [0.4, 0.5) is 0 Å². The minimum Gasteiger partial charge on any atom is -0.491 e. The third-order valence-electron chi connectivity index (χ3n) is 17.3. The number of hydrogen-bond acceptors (Lipinski definition) is 21. The summed E-state index contributed by atoms with van der Waals surface area (Å²) in [6.45, 7) is 20.6. The fourth-order valence-electron chi connectivity index (χ4n) is 12.2. The second kappa shape index (κ2) is 29.3. The number of methoxy groups -OCH3 is 2. The van der Waals surface area contributed by atoms with Gasteiger partial charge >= 0.3 is 17.9 Å². The molecule has 0 radical (unpaired) electrons. The van der Waals surface area contributed by atoms with E-state index in [-0.39, 0.29) is 89.1 Å². The zero-order valence-corrected chi connectivity index (χ0v) is 51.4. The molecule has 2 aromatic rings. The van der Waals surface area contributed by atoms with Crippen LogP contribution in [0.25, 0.3) is 10.9 Å². The lowest BCUT2D eigenvalue weighted by atomic mass is 9.73. The average Bonchev–Trinajstić information content (AvgIpc) is 3.56. The summed E-state index contributed by atoms with van der Waals surface area (Å²) in [5, 5.41) is 50.4. The van der Waals surface area contributed by atoms with Crippen molar-refractivity contribution in [3.05, 3.63) is 40.2 Å². The van der Waals surface area contributed by atoms with Crippen LogP contribution in [0.5, 0.6) is 5.75 Å². The summed E-state index contributed by atoms with van der Waals surface area (Å²) in [5.74, 6) is -5.15. The highest BCUT2D eigenvalue weighted by Gasteiger charge is 2.55. The van der Waals surface area contributed by atoms with Crippen LogP contribution in [-0.2, 0) is 61.8 Å². The molecule has 0 spiro atoms. The number of aromatic nitrogens is 1. The number of cyclic esters (lactones) is 1. The number of nitrogens with zero attached hydrogens (tertiary/aromatic N) is 3. The van der Waals surface area contributed by atoms with E-state index in [1.807, 2.05) is 51.3 Å².